The molecule has 0 radical (unpaired) electrons. The standard InChI is InChI=1S/C21H15F3N6O.C11H9ClN4O.C10H8F3N3.C10H7F3N2.C6H3F3IN.C4H7BN2O2.C4H5IN2.C4H4IN/c22-21(23,24)20-5-14(3-4-27-20)19-11-30(13-29-19)10-18(31)6-17-2-1-15(9-28-17)16-7-25-12-26-8-16;12-3-11(17)16-10-2-1-8(6-15-10)9-4-13-7-14-5-9;1-16-5-8(15-6-16)7-2-3-14-9(4-7)10(11,12)13;11-10(12,13)9-6-7(3-5-15-9)8-2-1-4-14-8;7-6(8,9)5-3-4(10)1-2-11-5;1-7-2-4(5(8)9)6-3-7;1-7-2-4(5)6-3-7;5-4-2-1-3-6-4/h1-5,7-9,11-13H,6,10H2;1-2,4-7H,3H2,(H,15,16,17);2-6H,1H3;2-6H,1H2;1-3H;2-3,8-9H,1H3;2-3H,1H3;2-3H,1H2. The highest BCUT2D eigenvalue weighted by molar-refractivity contribution is 14.1. The lowest BCUT2D eigenvalue weighted by molar-refractivity contribution is -0.142. The molecule has 3 N–H and O–H groups in total. The fraction of sp³-hybridized carbons (Fsp3) is 0.171. The topological polar surface area (TPSA) is 312 Å². The number of nitrogens with one attached hydrogen (secondary N) is 1. The quantitative estimate of drug-likeness (QED) is 0.0336. The van der Waals surface area contributed by atoms with E-state index in [2.05, 4.69) is 136 Å². The highest BCUT2D eigenvalue weighted by Crippen LogP contribution is 2.34. The number of imidazole rings is 4. The van der Waals surface area contributed by atoms with Gasteiger partial charge in [-0.25, -0.2) is 44.9 Å². The Labute approximate surface area is 675 Å². The number of carbonyl (C=O) groups is 2. The number of hydrogen-bond acceptors (Lipinski definition) is 20. The zero-order valence-corrected chi connectivity index (χ0v) is 65.3. The van der Waals surface area contributed by atoms with Crippen LogP contribution in [0.2, 0.25) is 0 Å². The van der Waals surface area contributed by atoms with E-state index in [1.807, 2.05) is 36.2 Å². The van der Waals surface area contributed by atoms with Gasteiger partial charge < -0.3 is 33.6 Å². The molecule has 0 atom stereocenters. The highest BCUT2D eigenvalue weighted by atomic mass is 127. The fourth-order valence-electron chi connectivity index (χ4n) is 8.67. The summed E-state index contributed by atoms with van der Waals surface area (Å²) in [5.41, 5.74) is 3.19. The minimum atomic E-state index is -4.54. The predicted molar refractivity (Wildman–Crippen MR) is 417 cm³/mol. The zero-order valence-electron chi connectivity index (χ0n) is 58.1. The van der Waals surface area contributed by atoms with E-state index < -0.39 is 54.6 Å². The number of anilines is 1. The number of nitrogens with zero attached hydrogens (tertiary/aromatic N) is 20. The van der Waals surface area contributed by atoms with Crippen LogP contribution in [0.4, 0.5) is 58.5 Å². The predicted octanol–water partition coefficient (Wildman–Crippen LogP) is 14.3. The number of Topliss-reactive ketones (excluding diaryl/α,β-unsaturated/α-hetero) is 1. The van der Waals surface area contributed by atoms with Gasteiger partial charge in [-0.2, -0.15) is 52.7 Å². The van der Waals surface area contributed by atoms with Crippen molar-refractivity contribution >= 4 is 128 Å². The molecule has 0 saturated carbocycles. The van der Waals surface area contributed by atoms with Gasteiger partial charge in [-0.15, -0.1) is 11.6 Å². The summed E-state index contributed by atoms with van der Waals surface area (Å²) in [6.07, 6.45) is 21.9. The molecule has 0 spiro atoms. The van der Waals surface area contributed by atoms with Gasteiger partial charge in [0, 0.05) is 181 Å². The van der Waals surface area contributed by atoms with Gasteiger partial charge >= 0.3 is 31.8 Å². The molecule has 2 aliphatic heterocycles. The van der Waals surface area contributed by atoms with Crippen molar-refractivity contribution < 1.29 is 72.3 Å². The molecule has 14 rings (SSSR count). The van der Waals surface area contributed by atoms with E-state index in [0.29, 0.717) is 49.7 Å². The fourth-order valence-corrected chi connectivity index (χ4v) is 10.2. The lowest BCUT2D eigenvalue weighted by Gasteiger charge is -2.06. The number of allylic oxidation sites excluding steroid dienone is 2. The number of aryl methyl sites for hydroxylation is 3. The SMILES string of the molecule is Cn1cnc(-c2ccnc(C(F)(F)F)c2)c1.Cn1cnc(B(O)O)c1.Cn1cnc(I)c1.FC(F)(F)c1cc(C2=CCC=N2)ccn1.FC(F)(F)c1cc(I)ccn1.IC1=CCC=N1.O=C(CCl)Nc1ccc(-c2cncnc2)cn1.O=C(Cc1ccc(-c2cncnc2)cn1)Cn1cnc(-c2ccnc(C(F)(F)F)c2)c1. The largest absolute Gasteiger partial charge is 0.509 e. The summed E-state index contributed by atoms with van der Waals surface area (Å²) in [5.74, 6) is -0.0140. The highest BCUT2D eigenvalue weighted by Gasteiger charge is 2.35. The Morgan fingerprint density at radius 2 is 0.964 bits per heavy atom. The van der Waals surface area contributed by atoms with Crippen LogP contribution < -0.4 is 10.9 Å². The Morgan fingerprint density at radius 3 is 1.35 bits per heavy atom. The molecule has 14 heterocycles. The molecule has 25 nitrogen and oxygen atoms in total. The number of hydrogen-bond donors (Lipinski definition) is 3. The van der Waals surface area contributed by atoms with Crippen LogP contribution in [0.3, 0.4) is 0 Å². The second-order valence-electron chi connectivity index (χ2n) is 22.5. The molecule has 0 fully saturated rings. The van der Waals surface area contributed by atoms with Crippen LogP contribution in [-0.2, 0) is 68.4 Å². The molecule has 0 aliphatic carbocycles. The van der Waals surface area contributed by atoms with Crippen LogP contribution in [0.15, 0.2) is 223 Å². The van der Waals surface area contributed by atoms with E-state index in [9.17, 15) is 62.3 Å². The molecular formula is C70H58BClF12I3N21O4. The van der Waals surface area contributed by atoms with Crippen LogP contribution in [0.1, 0.15) is 46.9 Å². The van der Waals surface area contributed by atoms with Gasteiger partial charge in [-0.1, -0.05) is 12.1 Å². The first-order valence-corrected chi connectivity index (χ1v) is 35.5. The molecule has 0 unspecified atom stereocenters. The van der Waals surface area contributed by atoms with Gasteiger partial charge in [-0.05, 0) is 141 Å². The van der Waals surface area contributed by atoms with E-state index in [0.717, 1.165) is 85.1 Å². The molecule has 112 heavy (non-hydrogen) atoms. The maximum absolute atomic E-state index is 12.8. The number of aromatic nitrogens is 18. The van der Waals surface area contributed by atoms with Crippen molar-refractivity contribution in [3.63, 3.8) is 0 Å². The van der Waals surface area contributed by atoms with Crippen LogP contribution in [0.25, 0.3) is 50.5 Å². The van der Waals surface area contributed by atoms with E-state index >= 15 is 0 Å². The van der Waals surface area contributed by atoms with Gasteiger partial charge in [-0.3, -0.25) is 44.5 Å². The summed E-state index contributed by atoms with van der Waals surface area (Å²) in [7, 11) is 4.02. The molecule has 1 amide bonds. The average molecular weight is 1910 g/mol. The molecule has 582 valence electrons. The number of ketones is 1. The lowest BCUT2D eigenvalue weighted by atomic mass is 9.87. The smallest absolute Gasteiger partial charge is 0.422 e. The summed E-state index contributed by atoms with van der Waals surface area (Å²) in [5, 5.41) is 19.6. The number of pyridine rings is 6. The van der Waals surface area contributed by atoms with Crippen molar-refractivity contribution in [2.24, 2.45) is 31.1 Å². The summed E-state index contributed by atoms with van der Waals surface area (Å²) >= 11 is 11.5. The maximum Gasteiger partial charge on any atom is 0.509 e. The first-order valence-electron chi connectivity index (χ1n) is 31.8. The summed E-state index contributed by atoms with van der Waals surface area (Å²) in [4.78, 5) is 84.3. The van der Waals surface area contributed by atoms with Crippen molar-refractivity contribution in [2.75, 3.05) is 11.2 Å². The van der Waals surface area contributed by atoms with E-state index in [1.165, 1.54) is 66.7 Å². The summed E-state index contributed by atoms with van der Waals surface area (Å²) in [6.45, 7) is 0.0279. The van der Waals surface area contributed by atoms with Crippen LogP contribution in [-0.4, -0.2) is 135 Å². The second kappa shape index (κ2) is 42.8. The van der Waals surface area contributed by atoms with Crippen LogP contribution in [0.5, 0.6) is 0 Å². The third-order valence-corrected chi connectivity index (χ3v) is 16.0. The maximum atomic E-state index is 12.8. The summed E-state index contributed by atoms with van der Waals surface area (Å²) in [6, 6.07) is 17.0. The molecule has 0 aromatic carbocycles. The first-order chi connectivity index (χ1) is 53.1. The van der Waals surface area contributed by atoms with Crippen molar-refractivity contribution in [3.8, 4) is 44.8 Å². The number of rotatable bonds is 12. The number of aliphatic imine (C=N–C) groups is 2. The normalized spacial score (nSPS) is 11.9. The molecule has 12 aromatic heterocycles. The molecule has 2 aliphatic rings. The first kappa shape index (κ1) is 88.7. The van der Waals surface area contributed by atoms with E-state index in [1.54, 1.807) is 126 Å². The molecule has 0 bridgehead atoms. The Morgan fingerprint density at radius 1 is 0.491 bits per heavy atom. The minimum Gasteiger partial charge on any atom is -0.422 e. The average Bonchev–Trinajstić information content (AvgIpc) is 1.55. The Hall–Kier alpha value is -10.5. The van der Waals surface area contributed by atoms with E-state index in [-0.39, 0.29) is 41.7 Å². The van der Waals surface area contributed by atoms with Crippen molar-refractivity contribution in [1.82, 2.24) is 88.0 Å². The van der Waals surface area contributed by atoms with Crippen LogP contribution in [0, 0.1) is 7.27 Å². The monoisotopic (exact) mass is 1910 g/mol. The van der Waals surface area contributed by atoms with Crippen molar-refractivity contribution in [2.45, 2.75) is 50.5 Å². The molecular weight excluding hydrogens is 1850 g/mol. The van der Waals surface area contributed by atoms with E-state index in [4.69, 9.17) is 21.6 Å². The molecule has 0 saturated heterocycles. The third kappa shape index (κ3) is 30.6. The second-order valence-corrected chi connectivity index (χ2v) is 26.3. The van der Waals surface area contributed by atoms with Gasteiger partial charge in [0.05, 0.1) is 64.7 Å². The van der Waals surface area contributed by atoms with Gasteiger partial charge in [0.15, 0.2) is 5.78 Å². The van der Waals surface area contributed by atoms with Gasteiger partial charge in [0.1, 0.15) is 50.8 Å². The number of carbonyl (C=O) groups excluding carboxylic acids is 2. The number of halogens is 16. The number of alkyl halides is 13. The lowest BCUT2D eigenvalue weighted by Crippen LogP contribution is -2.30. The number of amides is 1. The van der Waals surface area contributed by atoms with Crippen molar-refractivity contribution in [3.05, 3.63) is 255 Å². The third-order valence-electron chi connectivity index (χ3n) is 13.8. The minimum absolute atomic E-state index is 0.0279. The summed E-state index contributed by atoms with van der Waals surface area (Å²) < 4.78 is 158. The molecule has 42 heteroatoms. The van der Waals surface area contributed by atoms with Gasteiger partial charge in [0.2, 0.25) is 5.91 Å². The van der Waals surface area contributed by atoms with Gasteiger partial charge in [0.25, 0.3) is 0 Å². The molecule has 12 aromatic rings. The zero-order chi connectivity index (χ0) is 81.6. The Kier molecular flexibility index (Phi) is 33.9. The Bertz CT molecular complexity index is 5090. The van der Waals surface area contributed by atoms with Crippen molar-refractivity contribution in [1.29, 1.82) is 0 Å². The van der Waals surface area contributed by atoms with Crippen LogP contribution >= 0.6 is 79.4 Å². The Balaban J connectivity index is 0.000000187.